The highest BCUT2D eigenvalue weighted by Crippen LogP contribution is 2.29. The first-order chi connectivity index (χ1) is 12.2. The van der Waals surface area contributed by atoms with E-state index in [4.69, 9.17) is 9.88 Å². The van der Waals surface area contributed by atoms with Crippen LogP contribution in [0, 0.1) is 0 Å². The van der Waals surface area contributed by atoms with Gasteiger partial charge in [0.2, 0.25) is 10.0 Å². The van der Waals surface area contributed by atoms with Crippen molar-refractivity contribution in [2.75, 3.05) is 6.61 Å². The molecule has 0 aliphatic rings. The Morgan fingerprint density at radius 3 is 2.42 bits per heavy atom. The molecule has 0 atom stereocenters. The topological polar surface area (TPSA) is 98.5 Å². The third-order valence-corrected chi connectivity index (χ3v) is 5.12. The predicted molar refractivity (Wildman–Crippen MR) is 103 cm³/mol. The Hall–Kier alpha value is -1.90. The van der Waals surface area contributed by atoms with Gasteiger partial charge < -0.3 is 10.1 Å². The van der Waals surface area contributed by atoms with E-state index in [0.717, 1.165) is 15.6 Å². The molecule has 2 rings (SSSR count). The average Bonchev–Trinajstić information content (AvgIpc) is 2.58. The molecule has 0 aromatic heterocycles. The molecule has 3 N–H and O–H groups in total. The van der Waals surface area contributed by atoms with Gasteiger partial charge in [0.25, 0.3) is 5.91 Å². The van der Waals surface area contributed by atoms with E-state index in [1.807, 2.05) is 18.2 Å². The number of benzene rings is 2. The van der Waals surface area contributed by atoms with Gasteiger partial charge in [0.1, 0.15) is 5.75 Å². The van der Waals surface area contributed by atoms with Crippen LogP contribution in [0.2, 0.25) is 0 Å². The van der Waals surface area contributed by atoms with Crippen molar-refractivity contribution in [3.05, 3.63) is 58.1 Å². The van der Waals surface area contributed by atoms with Crippen molar-refractivity contribution in [2.24, 2.45) is 5.14 Å². The molecule has 0 saturated heterocycles. The lowest BCUT2D eigenvalue weighted by Gasteiger charge is -2.14. The highest BCUT2D eigenvalue weighted by atomic mass is 79.9. The fourth-order valence-corrected chi connectivity index (χ4v) is 3.19. The molecule has 0 bridgehead atoms. The van der Waals surface area contributed by atoms with Gasteiger partial charge in [-0.25, -0.2) is 13.6 Å². The van der Waals surface area contributed by atoms with Gasteiger partial charge in [-0.2, -0.15) is 0 Å². The van der Waals surface area contributed by atoms with Gasteiger partial charge in [0, 0.05) is 11.0 Å². The first-order valence-corrected chi connectivity index (χ1v) is 10.3. The van der Waals surface area contributed by atoms with Crippen molar-refractivity contribution < 1.29 is 17.9 Å². The largest absolute Gasteiger partial charge is 0.483 e. The summed E-state index contributed by atoms with van der Waals surface area (Å²) >= 11 is 3.43. The number of primary sulfonamides is 1. The molecular weight excluding hydrogens is 420 g/mol. The monoisotopic (exact) mass is 440 g/mol. The van der Waals surface area contributed by atoms with E-state index < -0.39 is 10.0 Å². The van der Waals surface area contributed by atoms with Crippen LogP contribution in [0.4, 0.5) is 0 Å². The van der Waals surface area contributed by atoms with Crippen LogP contribution in [0.3, 0.4) is 0 Å². The maximum Gasteiger partial charge on any atom is 0.258 e. The van der Waals surface area contributed by atoms with E-state index in [1.54, 1.807) is 12.1 Å². The number of hydrogen-bond acceptors (Lipinski definition) is 4. The lowest BCUT2D eigenvalue weighted by Crippen LogP contribution is -2.28. The summed E-state index contributed by atoms with van der Waals surface area (Å²) in [5.74, 6) is 0.678. The summed E-state index contributed by atoms with van der Waals surface area (Å²) in [5.41, 5.74) is 1.78. The van der Waals surface area contributed by atoms with Crippen LogP contribution in [0.15, 0.2) is 51.8 Å². The van der Waals surface area contributed by atoms with Crippen LogP contribution in [0.1, 0.15) is 30.9 Å². The Morgan fingerprint density at radius 1 is 1.19 bits per heavy atom. The molecule has 2 aromatic carbocycles. The second-order valence-corrected chi connectivity index (χ2v) is 8.57. The number of carbonyl (C=O) groups is 1. The number of sulfonamides is 1. The molecule has 1 amide bonds. The Balaban J connectivity index is 1.90. The van der Waals surface area contributed by atoms with Crippen molar-refractivity contribution in [3.63, 3.8) is 0 Å². The molecule has 0 spiro atoms. The summed E-state index contributed by atoms with van der Waals surface area (Å²) in [7, 11) is -3.72. The summed E-state index contributed by atoms with van der Waals surface area (Å²) in [6, 6.07) is 11.7. The van der Waals surface area contributed by atoms with Gasteiger partial charge in [-0.3, -0.25) is 4.79 Å². The molecule has 6 nitrogen and oxygen atoms in total. The normalized spacial score (nSPS) is 11.4. The number of hydrogen-bond donors (Lipinski definition) is 2. The number of nitrogens with two attached hydrogens (primary N) is 1. The number of nitrogens with one attached hydrogen (secondary N) is 1. The smallest absolute Gasteiger partial charge is 0.258 e. The molecule has 0 aliphatic heterocycles. The van der Waals surface area contributed by atoms with Crippen LogP contribution < -0.4 is 15.2 Å². The molecule has 0 unspecified atom stereocenters. The Bertz CT molecular complexity index is 881. The van der Waals surface area contributed by atoms with Crippen molar-refractivity contribution in [2.45, 2.75) is 31.2 Å². The van der Waals surface area contributed by atoms with E-state index >= 15 is 0 Å². The number of ether oxygens (including phenoxy) is 1. The minimum Gasteiger partial charge on any atom is -0.483 e. The van der Waals surface area contributed by atoms with E-state index in [-0.39, 0.29) is 29.9 Å². The molecule has 0 radical (unpaired) electrons. The maximum atomic E-state index is 12.0. The Morgan fingerprint density at radius 2 is 1.85 bits per heavy atom. The molecule has 0 saturated carbocycles. The predicted octanol–water partition coefficient (Wildman–Crippen LogP) is 2.92. The first-order valence-electron chi connectivity index (χ1n) is 7.97. The highest BCUT2D eigenvalue weighted by molar-refractivity contribution is 9.10. The van der Waals surface area contributed by atoms with Crippen molar-refractivity contribution in [3.8, 4) is 5.75 Å². The SMILES string of the molecule is CC(C)c1cc(Br)ccc1OCC(=O)NCc1ccc(S(N)(=O)=O)cc1. The second-order valence-electron chi connectivity index (χ2n) is 6.09. The van der Waals surface area contributed by atoms with Gasteiger partial charge in [0.05, 0.1) is 4.90 Å². The highest BCUT2D eigenvalue weighted by Gasteiger charge is 2.11. The fourth-order valence-electron chi connectivity index (χ4n) is 2.29. The number of rotatable bonds is 7. The average molecular weight is 441 g/mol. The quantitative estimate of drug-likeness (QED) is 0.690. The zero-order valence-electron chi connectivity index (χ0n) is 14.5. The van der Waals surface area contributed by atoms with Crippen LogP contribution in [0.25, 0.3) is 0 Å². The van der Waals surface area contributed by atoms with Gasteiger partial charge in [-0.15, -0.1) is 0 Å². The van der Waals surface area contributed by atoms with Crippen molar-refractivity contribution in [1.82, 2.24) is 5.32 Å². The van der Waals surface area contributed by atoms with Crippen LogP contribution >= 0.6 is 15.9 Å². The van der Waals surface area contributed by atoms with E-state index in [9.17, 15) is 13.2 Å². The van der Waals surface area contributed by atoms with E-state index in [0.29, 0.717) is 5.75 Å². The Kier molecular flexibility index (Phi) is 6.80. The number of halogens is 1. The lowest BCUT2D eigenvalue weighted by atomic mass is 10.0. The third kappa shape index (κ3) is 5.82. The molecule has 0 heterocycles. The third-order valence-electron chi connectivity index (χ3n) is 3.69. The van der Waals surface area contributed by atoms with Crippen molar-refractivity contribution in [1.29, 1.82) is 0 Å². The molecule has 0 aliphatic carbocycles. The van der Waals surface area contributed by atoms with Crippen LogP contribution in [-0.4, -0.2) is 20.9 Å². The van der Waals surface area contributed by atoms with Gasteiger partial charge in [-0.05, 0) is 47.4 Å². The minimum absolute atomic E-state index is 0.0346. The fraction of sp³-hybridized carbons (Fsp3) is 0.278. The zero-order valence-corrected chi connectivity index (χ0v) is 16.9. The van der Waals surface area contributed by atoms with Gasteiger partial charge in [0.15, 0.2) is 6.61 Å². The number of amides is 1. The first kappa shape index (κ1) is 20.4. The molecule has 8 heteroatoms. The standard InChI is InChI=1S/C18H21BrN2O4S/c1-12(2)16-9-14(19)5-8-17(16)25-11-18(22)21-10-13-3-6-15(7-4-13)26(20,23)24/h3-9,12H,10-11H2,1-2H3,(H,21,22)(H2,20,23,24). The van der Waals surface area contributed by atoms with Gasteiger partial charge >= 0.3 is 0 Å². The summed E-state index contributed by atoms with van der Waals surface area (Å²) in [6.07, 6.45) is 0. The van der Waals surface area contributed by atoms with E-state index in [1.165, 1.54) is 12.1 Å². The Labute approximate surface area is 161 Å². The second kappa shape index (κ2) is 8.66. The summed E-state index contributed by atoms with van der Waals surface area (Å²) < 4.78 is 29.0. The molecular formula is C18H21BrN2O4S. The summed E-state index contributed by atoms with van der Waals surface area (Å²) in [5, 5.41) is 7.78. The minimum atomic E-state index is -3.72. The zero-order chi connectivity index (χ0) is 19.3. The van der Waals surface area contributed by atoms with Crippen molar-refractivity contribution >= 4 is 31.9 Å². The molecule has 0 fully saturated rings. The lowest BCUT2D eigenvalue weighted by molar-refractivity contribution is -0.123. The maximum absolute atomic E-state index is 12.0. The van der Waals surface area contributed by atoms with E-state index in [2.05, 4.69) is 35.1 Å². The van der Waals surface area contributed by atoms with Crippen LogP contribution in [0.5, 0.6) is 5.75 Å². The summed E-state index contributed by atoms with van der Waals surface area (Å²) in [6.45, 7) is 4.28. The molecule has 26 heavy (non-hydrogen) atoms. The summed E-state index contributed by atoms with van der Waals surface area (Å²) in [4.78, 5) is 12.0. The van der Waals surface area contributed by atoms with Crippen LogP contribution in [-0.2, 0) is 21.4 Å². The molecule has 140 valence electrons. The molecule has 2 aromatic rings. The number of carbonyl (C=O) groups excluding carboxylic acids is 1. The van der Waals surface area contributed by atoms with Gasteiger partial charge in [-0.1, -0.05) is 41.9 Å².